The summed E-state index contributed by atoms with van der Waals surface area (Å²) in [4.78, 5) is 32.1. The number of carboxylic acids is 1. The summed E-state index contributed by atoms with van der Waals surface area (Å²) in [7, 11) is 0. The van der Waals surface area contributed by atoms with Gasteiger partial charge in [-0.05, 0) is 102 Å². The molecule has 0 aromatic heterocycles. The number of amides is 1. The van der Waals surface area contributed by atoms with Crippen LogP contribution in [0, 0.1) is 0 Å². The first kappa shape index (κ1) is 29.4. The van der Waals surface area contributed by atoms with Crippen molar-refractivity contribution >= 4 is 62.2 Å². The Morgan fingerprint density at radius 3 is 2.14 bits per heavy atom. The Balaban J connectivity index is 1.47. The van der Waals surface area contributed by atoms with Crippen molar-refractivity contribution in [3.63, 3.8) is 0 Å². The minimum atomic E-state index is -0.973. The molecule has 1 fully saturated rings. The number of halogens is 1. The number of carbonyl (C=O) groups is 2. The minimum Gasteiger partial charge on any atom is -0.488 e. The lowest BCUT2D eigenvalue weighted by molar-refractivity contribution is -0.113. The van der Waals surface area contributed by atoms with E-state index in [1.54, 1.807) is 29.2 Å². The number of rotatable bonds is 9. The third-order valence-electron chi connectivity index (χ3n) is 6.83. The van der Waals surface area contributed by atoms with Gasteiger partial charge >= 0.3 is 5.97 Å². The van der Waals surface area contributed by atoms with E-state index in [1.165, 1.54) is 22.9 Å². The third kappa shape index (κ3) is 6.83. The first-order valence-electron chi connectivity index (χ1n) is 13.6. The first-order valence-corrected chi connectivity index (χ1v) is 15.2. The Hall–Kier alpha value is -4.14. The predicted molar refractivity (Wildman–Crippen MR) is 174 cm³/mol. The van der Waals surface area contributed by atoms with Crippen LogP contribution in [0.25, 0.3) is 6.08 Å². The third-order valence-corrected chi connectivity index (χ3v) is 8.29. The molecule has 1 heterocycles. The molecule has 4 aromatic carbocycles. The smallest absolute Gasteiger partial charge is 0.335 e. The Morgan fingerprint density at radius 2 is 1.52 bits per heavy atom. The second-order valence-corrected chi connectivity index (χ2v) is 11.6. The topological polar surface area (TPSA) is 79.2 Å². The van der Waals surface area contributed by atoms with Crippen molar-refractivity contribution in [1.82, 2.24) is 0 Å². The summed E-state index contributed by atoms with van der Waals surface area (Å²) in [6.07, 6.45) is 3.68. The van der Waals surface area contributed by atoms with Crippen LogP contribution in [0.15, 0.2) is 105 Å². The molecule has 8 heteroatoms. The molecule has 0 aliphatic carbocycles. The van der Waals surface area contributed by atoms with Crippen LogP contribution >= 0.6 is 27.7 Å². The average molecular weight is 642 g/mol. The molecule has 1 N–H and O–H groups in total. The van der Waals surface area contributed by atoms with E-state index in [0.717, 1.165) is 39.8 Å². The van der Waals surface area contributed by atoms with E-state index in [2.05, 4.69) is 41.9 Å². The second-order valence-electron chi connectivity index (χ2n) is 9.66. The highest BCUT2D eigenvalue weighted by Crippen LogP contribution is 2.39. The van der Waals surface area contributed by atoms with Gasteiger partial charge in [0.05, 0.1) is 21.8 Å². The lowest BCUT2D eigenvalue weighted by Gasteiger charge is -2.16. The van der Waals surface area contributed by atoms with Crippen molar-refractivity contribution in [3.8, 4) is 5.75 Å². The molecule has 0 spiro atoms. The Morgan fingerprint density at radius 1 is 0.905 bits per heavy atom. The maximum atomic E-state index is 13.9. The first-order chi connectivity index (χ1) is 20.3. The zero-order valence-electron chi connectivity index (χ0n) is 23.2. The minimum absolute atomic E-state index is 0.164. The largest absolute Gasteiger partial charge is 0.488 e. The molecule has 0 unspecified atom stereocenters. The molecule has 5 rings (SSSR count). The van der Waals surface area contributed by atoms with Gasteiger partial charge in [-0.1, -0.05) is 66.2 Å². The second kappa shape index (κ2) is 13.2. The molecule has 0 radical (unpaired) electrons. The molecule has 0 atom stereocenters. The maximum Gasteiger partial charge on any atom is 0.335 e. The number of thioether (sulfide) groups is 1. The Bertz CT molecular complexity index is 1660. The van der Waals surface area contributed by atoms with Crippen LogP contribution in [0.3, 0.4) is 0 Å². The van der Waals surface area contributed by atoms with Gasteiger partial charge in [0.15, 0.2) is 5.17 Å². The number of hydrogen-bond acceptors (Lipinski definition) is 5. The number of amidine groups is 1. The highest BCUT2D eigenvalue weighted by Gasteiger charge is 2.35. The van der Waals surface area contributed by atoms with Crippen molar-refractivity contribution in [2.45, 2.75) is 33.3 Å². The zero-order chi connectivity index (χ0) is 29.6. The number of hydrogen-bond donors (Lipinski definition) is 1. The Kier molecular flexibility index (Phi) is 9.25. The molecular weight excluding hydrogens is 612 g/mol. The molecule has 4 aromatic rings. The molecule has 0 saturated carbocycles. The molecule has 1 aliphatic heterocycles. The van der Waals surface area contributed by atoms with Crippen LogP contribution in [0.4, 0.5) is 11.4 Å². The van der Waals surface area contributed by atoms with Crippen LogP contribution < -0.4 is 9.64 Å². The highest BCUT2D eigenvalue weighted by atomic mass is 79.9. The fourth-order valence-electron chi connectivity index (χ4n) is 4.38. The molecule has 42 heavy (non-hydrogen) atoms. The van der Waals surface area contributed by atoms with Crippen molar-refractivity contribution in [2.75, 3.05) is 4.90 Å². The Labute approximate surface area is 257 Å². The van der Waals surface area contributed by atoms with Gasteiger partial charge in [-0.2, -0.15) is 0 Å². The van der Waals surface area contributed by atoms with Gasteiger partial charge in [-0.25, -0.2) is 9.79 Å². The summed E-state index contributed by atoms with van der Waals surface area (Å²) in [5.74, 6) is -0.539. The summed E-state index contributed by atoms with van der Waals surface area (Å²) >= 11 is 4.87. The maximum absolute atomic E-state index is 13.9. The van der Waals surface area contributed by atoms with Crippen LogP contribution in [0.1, 0.15) is 46.5 Å². The molecule has 6 nitrogen and oxygen atoms in total. The normalized spacial score (nSPS) is 15.0. The van der Waals surface area contributed by atoms with E-state index in [4.69, 9.17) is 14.8 Å². The number of nitrogens with zero attached hydrogens (tertiary/aromatic N) is 2. The van der Waals surface area contributed by atoms with E-state index in [0.29, 0.717) is 15.8 Å². The number of carboxylic acid groups (broad SMARTS) is 1. The van der Waals surface area contributed by atoms with Crippen molar-refractivity contribution in [3.05, 3.63) is 128 Å². The summed E-state index contributed by atoms with van der Waals surface area (Å²) < 4.78 is 6.98. The quantitative estimate of drug-likeness (QED) is 0.185. The van der Waals surface area contributed by atoms with Crippen LogP contribution in [0.5, 0.6) is 5.75 Å². The van der Waals surface area contributed by atoms with E-state index in [1.807, 2.05) is 60.7 Å². The summed E-state index contributed by atoms with van der Waals surface area (Å²) in [6, 6.07) is 28.2. The van der Waals surface area contributed by atoms with Gasteiger partial charge in [0.1, 0.15) is 12.4 Å². The van der Waals surface area contributed by atoms with E-state index < -0.39 is 5.97 Å². The molecule has 1 amide bonds. The summed E-state index contributed by atoms with van der Waals surface area (Å²) in [5.41, 5.74) is 5.73. The van der Waals surface area contributed by atoms with Crippen LogP contribution in [-0.2, 0) is 24.2 Å². The van der Waals surface area contributed by atoms with Gasteiger partial charge in [-0.15, -0.1) is 0 Å². The standard InChI is InChI=1S/C34H29BrN2O4S/c1-3-22-7-14-28(15-8-22)36-34-37(29-16-9-23(4-2)10-17-29)32(38)31(42-34)20-26-19-27(35)13-18-30(26)41-21-24-5-11-25(12-6-24)33(39)40/h5-20H,3-4,21H2,1-2H3,(H,39,40)/b31-20-,36-34?. The lowest BCUT2D eigenvalue weighted by Crippen LogP contribution is -2.28. The number of ether oxygens (including phenoxy) is 1. The fraction of sp³-hybridized carbons (Fsp3) is 0.147. The zero-order valence-corrected chi connectivity index (χ0v) is 25.6. The number of carbonyl (C=O) groups excluding carboxylic acids is 1. The number of anilines is 1. The number of aromatic carboxylic acids is 1. The lowest BCUT2D eigenvalue weighted by atomic mass is 10.1. The van der Waals surface area contributed by atoms with E-state index in [-0.39, 0.29) is 18.1 Å². The summed E-state index contributed by atoms with van der Waals surface area (Å²) in [6.45, 7) is 4.46. The molecule has 0 bridgehead atoms. The van der Waals surface area contributed by atoms with Crippen molar-refractivity contribution in [1.29, 1.82) is 0 Å². The van der Waals surface area contributed by atoms with Gasteiger partial charge in [0, 0.05) is 10.0 Å². The highest BCUT2D eigenvalue weighted by molar-refractivity contribution is 9.10. The molecule has 212 valence electrons. The molecule has 1 aliphatic rings. The van der Waals surface area contributed by atoms with Gasteiger partial charge in [-0.3, -0.25) is 9.69 Å². The van der Waals surface area contributed by atoms with Crippen LogP contribution in [0.2, 0.25) is 0 Å². The monoisotopic (exact) mass is 640 g/mol. The molecular formula is C34H29BrN2O4S. The van der Waals surface area contributed by atoms with Gasteiger partial charge in [0.25, 0.3) is 5.91 Å². The fourth-order valence-corrected chi connectivity index (χ4v) is 5.75. The van der Waals surface area contributed by atoms with Crippen molar-refractivity contribution in [2.24, 2.45) is 4.99 Å². The van der Waals surface area contributed by atoms with Crippen molar-refractivity contribution < 1.29 is 19.4 Å². The SMILES string of the molecule is CCc1ccc(N=C2S/C(=C\c3cc(Br)ccc3OCc3ccc(C(=O)O)cc3)C(=O)N2c2ccc(CC)cc2)cc1. The average Bonchev–Trinajstić information content (AvgIpc) is 3.31. The molecule has 1 saturated heterocycles. The number of benzene rings is 4. The number of aliphatic imine (C=N–C) groups is 1. The summed E-state index contributed by atoms with van der Waals surface area (Å²) in [5, 5.41) is 9.74. The van der Waals surface area contributed by atoms with Gasteiger partial charge < -0.3 is 9.84 Å². The van der Waals surface area contributed by atoms with E-state index in [9.17, 15) is 9.59 Å². The van der Waals surface area contributed by atoms with Crippen LogP contribution in [-0.4, -0.2) is 22.2 Å². The number of aryl methyl sites for hydroxylation is 2. The van der Waals surface area contributed by atoms with E-state index >= 15 is 0 Å². The predicted octanol–water partition coefficient (Wildman–Crippen LogP) is 8.66. The van der Waals surface area contributed by atoms with Gasteiger partial charge in [0.2, 0.25) is 0 Å².